The van der Waals surface area contributed by atoms with Gasteiger partial charge in [-0.15, -0.1) is 0 Å². The van der Waals surface area contributed by atoms with Crippen molar-refractivity contribution in [1.82, 2.24) is 4.98 Å². The van der Waals surface area contributed by atoms with Crippen molar-refractivity contribution in [2.75, 3.05) is 0 Å². The molecule has 4 aromatic rings. The quantitative estimate of drug-likeness (QED) is 0.326. The number of H-pyrrole nitrogens is 1. The fraction of sp³-hybridized carbons (Fsp3) is 0.0526. The van der Waals surface area contributed by atoms with Gasteiger partial charge in [0.05, 0.1) is 16.6 Å². The van der Waals surface area contributed by atoms with Crippen LogP contribution in [0.15, 0.2) is 54.6 Å². The van der Waals surface area contributed by atoms with Crippen LogP contribution in [0.3, 0.4) is 0 Å². The molecule has 0 fully saturated rings. The molecule has 6 heteroatoms. The molecule has 3 aromatic carbocycles. The third-order valence-corrected chi connectivity index (χ3v) is 4.81. The zero-order valence-corrected chi connectivity index (χ0v) is 14.8. The van der Waals surface area contributed by atoms with E-state index in [0.29, 0.717) is 9.13 Å². The number of nitrogens with one attached hydrogen (secondary N) is 1. The zero-order chi connectivity index (χ0) is 17.8. The molecule has 0 aliphatic heterocycles. The Morgan fingerprint density at radius 2 is 1.64 bits per heavy atom. The zero-order valence-electron chi connectivity index (χ0n) is 12.7. The maximum absolute atomic E-state index is 13.6. The van der Waals surface area contributed by atoms with Gasteiger partial charge in [0, 0.05) is 8.96 Å². The average molecular weight is 453 g/mol. The van der Waals surface area contributed by atoms with Crippen LogP contribution in [0.4, 0.5) is 13.2 Å². The molecule has 0 radical (unpaired) electrons. The van der Waals surface area contributed by atoms with E-state index in [0.717, 1.165) is 16.8 Å². The van der Waals surface area contributed by atoms with Gasteiger partial charge >= 0.3 is 6.18 Å². The standard InChI is InChI=1S/C19H11F3INO/c20-19(21,22)14-8-13(23)9-15-17(14)16(18(25)24-15)12-6-5-10-3-1-2-4-11(10)7-12/h1-9,24-25H. The van der Waals surface area contributed by atoms with Crippen LogP contribution in [0, 0.1) is 3.57 Å². The largest absolute Gasteiger partial charge is 0.494 e. The highest BCUT2D eigenvalue weighted by Gasteiger charge is 2.35. The number of benzene rings is 3. The van der Waals surface area contributed by atoms with E-state index in [2.05, 4.69) is 4.98 Å². The molecule has 0 amide bonds. The lowest BCUT2D eigenvalue weighted by Gasteiger charge is -2.11. The molecule has 0 spiro atoms. The fourth-order valence-corrected chi connectivity index (χ4v) is 3.76. The van der Waals surface area contributed by atoms with Crippen LogP contribution in [0.1, 0.15) is 5.56 Å². The number of alkyl halides is 3. The molecular formula is C19H11F3INO. The lowest BCUT2D eigenvalue weighted by molar-refractivity contribution is -0.136. The summed E-state index contributed by atoms with van der Waals surface area (Å²) in [4.78, 5) is 2.68. The molecule has 2 N–H and O–H groups in total. The minimum Gasteiger partial charge on any atom is -0.494 e. The molecule has 4 rings (SSSR count). The lowest BCUT2D eigenvalue weighted by atomic mass is 9.97. The molecule has 25 heavy (non-hydrogen) atoms. The number of rotatable bonds is 1. The summed E-state index contributed by atoms with van der Waals surface area (Å²) in [7, 11) is 0. The third-order valence-electron chi connectivity index (χ3n) is 4.19. The minimum absolute atomic E-state index is 0.0132. The number of hydrogen-bond acceptors (Lipinski definition) is 1. The number of halogens is 4. The van der Waals surface area contributed by atoms with Crippen LogP contribution in [0.2, 0.25) is 0 Å². The van der Waals surface area contributed by atoms with Crippen molar-refractivity contribution in [2.24, 2.45) is 0 Å². The number of aromatic amines is 1. The maximum atomic E-state index is 13.6. The van der Waals surface area contributed by atoms with E-state index in [-0.39, 0.29) is 22.3 Å². The fourth-order valence-electron chi connectivity index (χ4n) is 3.13. The summed E-state index contributed by atoms with van der Waals surface area (Å²) in [6.45, 7) is 0. The van der Waals surface area contributed by atoms with Gasteiger partial charge in [0.25, 0.3) is 0 Å². The second-order valence-electron chi connectivity index (χ2n) is 5.78. The first kappa shape index (κ1) is 16.3. The number of aromatic hydroxyl groups is 1. The SMILES string of the molecule is Oc1[nH]c2cc(I)cc(C(F)(F)F)c2c1-c1ccc2ccccc2c1. The Labute approximate surface area is 154 Å². The van der Waals surface area contributed by atoms with E-state index in [1.54, 1.807) is 18.2 Å². The Kier molecular flexibility index (Phi) is 3.68. The van der Waals surface area contributed by atoms with Crippen molar-refractivity contribution >= 4 is 44.3 Å². The molecule has 0 aliphatic carbocycles. The molecule has 0 saturated heterocycles. The lowest BCUT2D eigenvalue weighted by Crippen LogP contribution is -2.06. The molecule has 1 aromatic heterocycles. The molecule has 0 saturated carbocycles. The second-order valence-corrected chi connectivity index (χ2v) is 7.03. The molecule has 0 bridgehead atoms. The van der Waals surface area contributed by atoms with E-state index in [4.69, 9.17) is 0 Å². The van der Waals surface area contributed by atoms with Crippen LogP contribution in [0.25, 0.3) is 32.8 Å². The summed E-state index contributed by atoms with van der Waals surface area (Å²) in [5.74, 6) is -0.266. The van der Waals surface area contributed by atoms with E-state index < -0.39 is 11.7 Å². The maximum Gasteiger partial charge on any atom is 0.417 e. The first-order valence-electron chi connectivity index (χ1n) is 7.45. The van der Waals surface area contributed by atoms with Crippen molar-refractivity contribution in [3.8, 4) is 17.0 Å². The van der Waals surface area contributed by atoms with Gasteiger partial charge in [0.1, 0.15) is 0 Å². The van der Waals surface area contributed by atoms with Gasteiger partial charge in [0.15, 0.2) is 5.88 Å². The summed E-state index contributed by atoms with van der Waals surface area (Å²) < 4.78 is 41.1. The van der Waals surface area contributed by atoms with Crippen molar-refractivity contribution in [2.45, 2.75) is 6.18 Å². The first-order valence-corrected chi connectivity index (χ1v) is 8.53. The van der Waals surface area contributed by atoms with E-state index in [1.807, 2.05) is 52.9 Å². The molecule has 126 valence electrons. The van der Waals surface area contributed by atoms with E-state index in [9.17, 15) is 18.3 Å². The van der Waals surface area contributed by atoms with Gasteiger partial charge in [-0.25, -0.2) is 0 Å². The summed E-state index contributed by atoms with van der Waals surface area (Å²) in [5, 5.41) is 12.2. The highest BCUT2D eigenvalue weighted by atomic mass is 127. The Balaban J connectivity index is 2.08. The first-order chi connectivity index (χ1) is 11.8. The smallest absolute Gasteiger partial charge is 0.417 e. The molecule has 2 nitrogen and oxygen atoms in total. The van der Waals surface area contributed by atoms with Crippen LogP contribution in [0.5, 0.6) is 5.88 Å². The Morgan fingerprint density at radius 3 is 2.36 bits per heavy atom. The summed E-state index contributed by atoms with van der Waals surface area (Å²) >= 11 is 1.84. The van der Waals surface area contributed by atoms with Crippen LogP contribution in [-0.2, 0) is 6.18 Å². The summed E-state index contributed by atoms with van der Waals surface area (Å²) in [6, 6.07) is 15.6. The van der Waals surface area contributed by atoms with Crippen molar-refractivity contribution < 1.29 is 18.3 Å². The third kappa shape index (κ3) is 2.74. The van der Waals surface area contributed by atoms with Gasteiger partial charge in [-0.05, 0) is 57.1 Å². The number of fused-ring (bicyclic) bond motifs is 2. The number of aromatic nitrogens is 1. The topological polar surface area (TPSA) is 36.0 Å². The number of hydrogen-bond donors (Lipinski definition) is 2. The summed E-state index contributed by atoms with van der Waals surface area (Å²) in [6.07, 6.45) is -4.51. The molecule has 0 unspecified atom stereocenters. The van der Waals surface area contributed by atoms with Gasteiger partial charge < -0.3 is 10.1 Å². The van der Waals surface area contributed by atoms with Crippen molar-refractivity contribution in [3.05, 3.63) is 63.7 Å². The average Bonchev–Trinajstić information content (AvgIpc) is 2.88. The molecule has 1 heterocycles. The molecule has 0 atom stereocenters. The monoisotopic (exact) mass is 453 g/mol. The Bertz CT molecular complexity index is 1120. The highest BCUT2D eigenvalue weighted by molar-refractivity contribution is 14.1. The predicted molar refractivity (Wildman–Crippen MR) is 101 cm³/mol. The minimum atomic E-state index is -4.51. The van der Waals surface area contributed by atoms with Gasteiger partial charge in [0.2, 0.25) is 0 Å². The van der Waals surface area contributed by atoms with Crippen molar-refractivity contribution in [1.29, 1.82) is 0 Å². The predicted octanol–water partition coefficient (Wildman–Crippen LogP) is 6.32. The van der Waals surface area contributed by atoms with Crippen LogP contribution in [-0.4, -0.2) is 10.1 Å². The van der Waals surface area contributed by atoms with E-state index in [1.165, 1.54) is 0 Å². The van der Waals surface area contributed by atoms with E-state index >= 15 is 0 Å². The second kappa shape index (κ2) is 5.66. The Morgan fingerprint density at radius 1 is 0.920 bits per heavy atom. The highest BCUT2D eigenvalue weighted by Crippen LogP contribution is 2.44. The normalized spacial score (nSPS) is 12.2. The van der Waals surface area contributed by atoms with Crippen LogP contribution >= 0.6 is 22.6 Å². The van der Waals surface area contributed by atoms with Crippen molar-refractivity contribution in [3.63, 3.8) is 0 Å². The van der Waals surface area contributed by atoms with Gasteiger partial charge in [-0.3, -0.25) is 0 Å². The van der Waals surface area contributed by atoms with Gasteiger partial charge in [-0.2, -0.15) is 13.2 Å². The Hall–Kier alpha value is -2.22. The van der Waals surface area contributed by atoms with Crippen LogP contribution < -0.4 is 0 Å². The van der Waals surface area contributed by atoms with Gasteiger partial charge in [-0.1, -0.05) is 36.4 Å². The molecular weight excluding hydrogens is 442 g/mol. The summed E-state index contributed by atoms with van der Waals surface area (Å²) in [5.41, 5.74) is 0.215. The molecule has 0 aliphatic rings.